The van der Waals surface area contributed by atoms with Crippen LogP contribution in [0.4, 0.5) is 14.9 Å². The number of hydrogen-bond acceptors (Lipinski definition) is 3. The highest BCUT2D eigenvalue weighted by Gasteiger charge is 2.23. The number of carbonyl (C=O) groups is 1. The number of ether oxygens (including phenoxy) is 1. The fourth-order valence-corrected chi connectivity index (χ4v) is 3.67. The molecule has 2 aromatic carbocycles. The number of H-pyrrole nitrogens is 1. The molecule has 1 unspecified atom stereocenters. The van der Waals surface area contributed by atoms with Crippen LogP contribution in [0, 0.1) is 5.82 Å². The zero-order valence-electron chi connectivity index (χ0n) is 15.4. The van der Waals surface area contributed by atoms with E-state index in [2.05, 4.69) is 29.3 Å². The molecular weight excluding hydrogens is 345 g/mol. The Morgan fingerprint density at radius 2 is 2.00 bits per heavy atom. The summed E-state index contributed by atoms with van der Waals surface area (Å²) in [6, 6.07) is 11.7. The summed E-state index contributed by atoms with van der Waals surface area (Å²) in [4.78, 5) is 17.9. The van der Waals surface area contributed by atoms with Gasteiger partial charge < -0.3 is 14.6 Å². The third kappa shape index (κ3) is 3.66. The van der Waals surface area contributed by atoms with Crippen LogP contribution in [-0.2, 0) is 12.8 Å². The second-order valence-electron chi connectivity index (χ2n) is 7.17. The lowest BCUT2D eigenvalue weighted by atomic mass is 9.91. The van der Waals surface area contributed by atoms with Crippen molar-refractivity contribution >= 4 is 22.7 Å². The number of nitrogens with zero attached hydrogens (tertiary/aromatic N) is 1. The van der Waals surface area contributed by atoms with Gasteiger partial charge in [-0.2, -0.15) is 0 Å². The molecule has 1 aromatic heterocycles. The van der Waals surface area contributed by atoms with E-state index in [0.717, 1.165) is 30.2 Å². The average molecular weight is 367 g/mol. The van der Waals surface area contributed by atoms with Gasteiger partial charge in [0.15, 0.2) is 0 Å². The molecule has 0 aliphatic heterocycles. The van der Waals surface area contributed by atoms with Crippen molar-refractivity contribution in [3.05, 3.63) is 59.5 Å². The van der Waals surface area contributed by atoms with Gasteiger partial charge in [0, 0.05) is 28.3 Å². The topological polar surface area (TPSA) is 57.4 Å². The van der Waals surface area contributed by atoms with Gasteiger partial charge in [0.25, 0.3) is 0 Å². The zero-order valence-corrected chi connectivity index (χ0v) is 15.4. The summed E-state index contributed by atoms with van der Waals surface area (Å²) in [7, 11) is 4.23. The maximum atomic E-state index is 12.9. The summed E-state index contributed by atoms with van der Waals surface area (Å²) in [5.41, 5.74) is 4.36. The lowest BCUT2D eigenvalue weighted by molar-refractivity contribution is 0.215. The van der Waals surface area contributed by atoms with Gasteiger partial charge in [-0.25, -0.2) is 9.18 Å². The Hall–Kier alpha value is -2.86. The number of nitrogens with one attached hydrogen (secondary N) is 2. The van der Waals surface area contributed by atoms with Gasteiger partial charge in [0.05, 0.1) is 0 Å². The molecule has 1 amide bonds. The summed E-state index contributed by atoms with van der Waals surface area (Å²) in [5, 5.41) is 3.88. The number of hydrogen-bond donors (Lipinski definition) is 2. The van der Waals surface area contributed by atoms with Crippen molar-refractivity contribution in [2.45, 2.75) is 25.3 Å². The maximum Gasteiger partial charge on any atom is 0.417 e. The monoisotopic (exact) mass is 367 g/mol. The van der Waals surface area contributed by atoms with Crippen molar-refractivity contribution in [2.75, 3.05) is 19.4 Å². The third-order valence-electron chi connectivity index (χ3n) is 5.16. The van der Waals surface area contributed by atoms with Crippen molar-refractivity contribution in [3.8, 4) is 5.75 Å². The van der Waals surface area contributed by atoms with E-state index in [1.54, 1.807) is 0 Å². The van der Waals surface area contributed by atoms with Crippen molar-refractivity contribution in [1.82, 2.24) is 9.88 Å². The van der Waals surface area contributed by atoms with E-state index in [-0.39, 0.29) is 5.82 Å². The van der Waals surface area contributed by atoms with E-state index in [0.29, 0.717) is 17.5 Å². The SMILES string of the molecule is CN(C)C1CCc2[nH]c3ccc(NC(=O)Oc4ccc(F)cc4)cc3c2C1. The molecule has 0 spiro atoms. The molecule has 1 aliphatic rings. The lowest BCUT2D eigenvalue weighted by Crippen LogP contribution is -2.33. The van der Waals surface area contributed by atoms with Crippen LogP contribution >= 0.6 is 0 Å². The molecule has 140 valence electrons. The van der Waals surface area contributed by atoms with E-state index >= 15 is 0 Å². The normalized spacial score (nSPS) is 16.4. The molecule has 2 N–H and O–H groups in total. The summed E-state index contributed by atoms with van der Waals surface area (Å²) in [5.74, 6) is -0.0794. The molecule has 3 aromatic rings. The number of amides is 1. The minimum atomic E-state index is -0.600. The first kappa shape index (κ1) is 17.5. The van der Waals surface area contributed by atoms with E-state index < -0.39 is 6.09 Å². The molecule has 1 heterocycles. The number of fused-ring (bicyclic) bond motifs is 3. The number of aryl methyl sites for hydroxylation is 1. The lowest BCUT2D eigenvalue weighted by Gasteiger charge is -2.28. The highest BCUT2D eigenvalue weighted by molar-refractivity contribution is 5.93. The largest absolute Gasteiger partial charge is 0.417 e. The van der Waals surface area contributed by atoms with Crippen LogP contribution < -0.4 is 10.1 Å². The predicted octanol–water partition coefficient (Wildman–Crippen LogP) is 4.34. The minimum Gasteiger partial charge on any atom is -0.410 e. The van der Waals surface area contributed by atoms with Crippen LogP contribution in [0.2, 0.25) is 0 Å². The number of benzene rings is 2. The molecule has 0 bridgehead atoms. The standard InChI is InChI=1S/C21H22FN3O2/c1-25(2)15-6-10-20-18(12-15)17-11-14(5-9-19(17)24-20)23-21(26)27-16-7-3-13(22)4-8-16/h3-5,7-9,11,15,24H,6,10,12H2,1-2H3,(H,23,26). The zero-order chi connectivity index (χ0) is 19.0. The molecule has 0 fully saturated rings. The van der Waals surface area contributed by atoms with Crippen LogP contribution in [-0.4, -0.2) is 36.1 Å². The second kappa shape index (κ2) is 7.04. The maximum absolute atomic E-state index is 12.9. The van der Waals surface area contributed by atoms with E-state index in [1.807, 2.05) is 18.2 Å². The van der Waals surface area contributed by atoms with Crippen molar-refractivity contribution in [2.24, 2.45) is 0 Å². The Balaban J connectivity index is 1.54. The molecule has 0 radical (unpaired) electrons. The number of carbonyl (C=O) groups excluding carboxylic acids is 1. The molecule has 1 aliphatic carbocycles. The molecular formula is C21H22FN3O2. The first-order valence-electron chi connectivity index (χ1n) is 9.04. The minimum absolute atomic E-state index is 0.294. The third-order valence-corrected chi connectivity index (χ3v) is 5.16. The molecule has 1 atom stereocenters. The van der Waals surface area contributed by atoms with Crippen molar-refractivity contribution in [1.29, 1.82) is 0 Å². The number of aromatic amines is 1. The number of rotatable bonds is 3. The summed E-state index contributed by atoms with van der Waals surface area (Å²) >= 11 is 0. The number of anilines is 1. The van der Waals surface area contributed by atoms with Gasteiger partial charge in [-0.05, 0) is 81.4 Å². The summed E-state index contributed by atoms with van der Waals surface area (Å²) in [6.07, 6.45) is 2.56. The highest BCUT2D eigenvalue weighted by Crippen LogP contribution is 2.32. The molecule has 4 rings (SSSR count). The van der Waals surface area contributed by atoms with Gasteiger partial charge >= 0.3 is 6.09 Å². The highest BCUT2D eigenvalue weighted by atomic mass is 19.1. The van der Waals surface area contributed by atoms with Crippen LogP contribution in [0.1, 0.15) is 17.7 Å². The van der Waals surface area contributed by atoms with Crippen LogP contribution in [0.3, 0.4) is 0 Å². The first-order valence-corrected chi connectivity index (χ1v) is 9.04. The quantitative estimate of drug-likeness (QED) is 0.724. The smallest absolute Gasteiger partial charge is 0.410 e. The number of likely N-dealkylation sites (N-methyl/N-ethyl adjacent to an activating group) is 1. The Kier molecular flexibility index (Phi) is 4.58. The fraction of sp³-hybridized carbons (Fsp3) is 0.286. The van der Waals surface area contributed by atoms with Crippen molar-refractivity contribution < 1.29 is 13.9 Å². The Morgan fingerprint density at radius 3 is 2.74 bits per heavy atom. The van der Waals surface area contributed by atoms with E-state index in [9.17, 15) is 9.18 Å². The molecule has 27 heavy (non-hydrogen) atoms. The van der Waals surface area contributed by atoms with Crippen LogP contribution in [0.25, 0.3) is 10.9 Å². The van der Waals surface area contributed by atoms with Gasteiger partial charge in [-0.3, -0.25) is 5.32 Å². The summed E-state index contributed by atoms with van der Waals surface area (Å²) in [6.45, 7) is 0. The van der Waals surface area contributed by atoms with Crippen LogP contribution in [0.15, 0.2) is 42.5 Å². The van der Waals surface area contributed by atoms with Gasteiger partial charge in [0.1, 0.15) is 11.6 Å². The van der Waals surface area contributed by atoms with Gasteiger partial charge in [-0.15, -0.1) is 0 Å². The van der Waals surface area contributed by atoms with E-state index in [1.165, 1.54) is 35.5 Å². The second-order valence-corrected chi connectivity index (χ2v) is 7.17. The Morgan fingerprint density at radius 1 is 1.22 bits per heavy atom. The first-order chi connectivity index (χ1) is 13.0. The summed E-state index contributed by atoms with van der Waals surface area (Å²) < 4.78 is 18.1. The van der Waals surface area contributed by atoms with Gasteiger partial charge in [-0.1, -0.05) is 0 Å². The molecule has 6 heteroatoms. The predicted molar refractivity (Wildman–Crippen MR) is 104 cm³/mol. The van der Waals surface area contributed by atoms with E-state index in [4.69, 9.17) is 4.74 Å². The van der Waals surface area contributed by atoms with Crippen molar-refractivity contribution in [3.63, 3.8) is 0 Å². The Labute approximate surface area is 157 Å². The molecule has 5 nitrogen and oxygen atoms in total. The number of halogens is 1. The van der Waals surface area contributed by atoms with Gasteiger partial charge in [0.2, 0.25) is 0 Å². The average Bonchev–Trinajstić information content (AvgIpc) is 3.01. The molecule has 0 saturated heterocycles. The molecule has 0 saturated carbocycles. The number of aromatic nitrogens is 1. The fourth-order valence-electron chi connectivity index (χ4n) is 3.67. The van der Waals surface area contributed by atoms with Crippen LogP contribution in [0.5, 0.6) is 5.75 Å². The Bertz CT molecular complexity index is 979.